The van der Waals surface area contributed by atoms with Crippen LogP contribution in [-0.2, 0) is 0 Å². The molecule has 0 spiro atoms. The number of unbranched alkanes of at least 4 members (excludes halogenated alkanes) is 5. The van der Waals surface area contributed by atoms with Crippen LogP contribution in [0.5, 0.6) is 5.75 Å². The summed E-state index contributed by atoms with van der Waals surface area (Å²) in [6, 6.07) is 7.73. The number of aromatic nitrogens is 1. The van der Waals surface area contributed by atoms with Crippen molar-refractivity contribution in [2.45, 2.75) is 45.4 Å². The number of pyridine rings is 1. The van der Waals surface area contributed by atoms with Crippen LogP contribution >= 0.6 is 0 Å². The maximum atomic E-state index is 5.93. The third-order valence-corrected chi connectivity index (χ3v) is 3.52. The SMILES string of the molecule is CCCCCCCCOc1ccnc2c(N)cccc12. The van der Waals surface area contributed by atoms with Crippen LogP contribution < -0.4 is 10.5 Å². The van der Waals surface area contributed by atoms with Gasteiger partial charge in [0.05, 0.1) is 17.8 Å². The van der Waals surface area contributed by atoms with E-state index < -0.39 is 0 Å². The Kier molecular flexibility index (Phi) is 5.66. The van der Waals surface area contributed by atoms with Gasteiger partial charge in [0.25, 0.3) is 0 Å². The standard InChI is InChI=1S/C17H24N2O/c1-2-3-4-5-6-7-13-20-16-11-12-19-17-14(16)9-8-10-15(17)18/h8-12H,2-7,13,18H2,1H3. The molecule has 0 fully saturated rings. The van der Waals surface area contributed by atoms with E-state index in [4.69, 9.17) is 10.5 Å². The molecule has 0 aliphatic heterocycles. The van der Waals surface area contributed by atoms with Crippen molar-refractivity contribution in [3.63, 3.8) is 0 Å². The molecule has 2 rings (SSSR count). The van der Waals surface area contributed by atoms with E-state index in [1.807, 2.05) is 24.3 Å². The lowest BCUT2D eigenvalue weighted by Crippen LogP contribution is -1.99. The molecular formula is C17H24N2O. The van der Waals surface area contributed by atoms with Crippen LogP contribution in [0, 0.1) is 0 Å². The third kappa shape index (κ3) is 3.86. The van der Waals surface area contributed by atoms with E-state index >= 15 is 0 Å². The van der Waals surface area contributed by atoms with Gasteiger partial charge in [0.2, 0.25) is 0 Å². The fraction of sp³-hybridized carbons (Fsp3) is 0.471. The minimum absolute atomic E-state index is 0.701. The lowest BCUT2D eigenvalue weighted by atomic mass is 10.1. The lowest BCUT2D eigenvalue weighted by molar-refractivity contribution is 0.307. The first-order valence-corrected chi connectivity index (χ1v) is 7.59. The molecule has 0 atom stereocenters. The van der Waals surface area contributed by atoms with Crippen molar-refractivity contribution in [2.24, 2.45) is 0 Å². The zero-order valence-electron chi connectivity index (χ0n) is 12.3. The van der Waals surface area contributed by atoms with Gasteiger partial charge in [-0.1, -0.05) is 45.1 Å². The predicted octanol–water partition coefficient (Wildman–Crippen LogP) is 4.56. The highest BCUT2D eigenvalue weighted by Crippen LogP contribution is 2.27. The van der Waals surface area contributed by atoms with E-state index in [1.54, 1.807) is 6.20 Å². The fourth-order valence-corrected chi connectivity index (χ4v) is 2.36. The lowest BCUT2D eigenvalue weighted by Gasteiger charge is -2.09. The highest BCUT2D eigenvalue weighted by atomic mass is 16.5. The monoisotopic (exact) mass is 272 g/mol. The number of para-hydroxylation sites is 1. The van der Waals surface area contributed by atoms with Crippen molar-refractivity contribution in [2.75, 3.05) is 12.3 Å². The van der Waals surface area contributed by atoms with Gasteiger partial charge in [-0.25, -0.2) is 0 Å². The Morgan fingerprint density at radius 2 is 1.85 bits per heavy atom. The van der Waals surface area contributed by atoms with Gasteiger partial charge >= 0.3 is 0 Å². The number of anilines is 1. The number of nitrogens with two attached hydrogens (primary N) is 1. The number of rotatable bonds is 8. The Labute approximate surface area is 121 Å². The summed E-state index contributed by atoms with van der Waals surface area (Å²) in [6.45, 7) is 3.00. The van der Waals surface area contributed by atoms with Crippen LogP contribution in [0.15, 0.2) is 30.5 Å². The molecule has 3 nitrogen and oxygen atoms in total. The van der Waals surface area contributed by atoms with Gasteiger partial charge in [-0.3, -0.25) is 4.98 Å². The van der Waals surface area contributed by atoms with Crippen molar-refractivity contribution in [3.8, 4) is 5.75 Å². The molecule has 0 saturated carbocycles. The number of ether oxygens (including phenoxy) is 1. The molecule has 108 valence electrons. The van der Waals surface area contributed by atoms with Crippen LogP contribution in [-0.4, -0.2) is 11.6 Å². The summed E-state index contributed by atoms with van der Waals surface area (Å²) < 4.78 is 5.89. The largest absolute Gasteiger partial charge is 0.493 e. The molecule has 20 heavy (non-hydrogen) atoms. The Morgan fingerprint density at radius 3 is 2.70 bits per heavy atom. The Balaban J connectivity index is 1.86. The van der Waals surface area contributed by atoms with Crippen molar-refractivity contribution in [1.29, 1.82) is 0 Å². The van der Waals surface area contributed by atoms with E-state index in [2.05, 4.69) is 11.9 Å². The second kappa shape index (κ2) is 7.73. The van der Waals surface area contributed by atoms with Gasteiger partial charge in [0.15, 0.2) is 0 Å². The van der Waals surface area contributed by atoms with Crippen LogP contribution in [0.1, 0.15) is 45.4 Å². The minimum atomic E-state index is 0.701. The number of nitrogen functional groups attached to an aromatic ring is 1. The normalized spacial score (nSPS) is 10.8. The van der Waals surface area contributed by atoms with Crippen molar-refractivity contribution in [1.82, 2.24) is 4.98 Å². The zero-order chi connectivity index (χ0) is 14.2. The fourth-order valence-electron chi connectivity index (χ4n) is 2.36. The maximum absolute atomic E-state index is 5.93. The molecule has 0 aliphatic carbocycles. The van der Waals surface area contributed by atoms with Crippen LogP contribution in [0.25, 0.3) is 10.9 Å². The Morgan fingerprint density at radius 1 is 1.05 bits per heavy atom. The van der Waals surface area contributed by atoms with Crippen molar-refractivity contribution in [3.05, 3.63) is 30.5 Å². The second-order valence-corrected chi connectivity index (χ2v) is 5.17. The molecule has 0 radical (unpaired) electrons. The third-order valence-electron chi connectivity index (χ3n) is 3.52. The Bertz CT molecular complexity index is 540. The number of benzene rings is 1. The van der Waals surface area contributed by atoms with E-state index in [1.165, 1.54) is 32.1 Å². The molecule has 0 saturated heterocycles. The van der Waals surface area contributed by atoms with Gasteiger partial charge in [-0.15, -0.1) is 0 Å². The van der Waals surface area contributed by atoms with E-state index in [9.17, 15) is 0 Å². The summed E-state index contributed by atoms with van der Waals surface area (Å²) >= 11 is 0. The summed E-state index contributed by atoms with van der Waals surface area (Å²) in [5.41, 5.74) is 7.46. The molecule has 3 heteroatoms. The van der Waals surface area contributed by atoms with Crippen LogP contribution in [0.2, 0.25) is 0 Å². The smallest absolute Gasteiger partial charge is 0.130 e. The summed E-state index contributed by atoms with van der Waals surface area (Å²) in [4.78, 5) is 4.31. The minimum Gasteiger partial charge on any atom is -0.493 e. The van der Waals surface area contributed by atoms with Gasteiger partial charge in [0, 0.05) is 11.6 Å². The quantitative estimate of drug-likeness (QED) is 0.566. The van der Waals surface area contributed by atoms with Gasteiger partial charge in [-0.05, 0) is 24.6 Å². The summed E-state index contributed by atoms with van der Waals surface area (Å²) in [7, 11) is 0. The predicted molar refractivity (Wildman–Crippen MR) is 85.0 cm³/mol. The average Bonchev–Trinajstić information content (AvgIpc) is 2.47. The summed E-state index contributed by atoms with van der Waals surface area (Å²) in [5, 5.41) is 0.999. The molecule has 1 aromatic carbocycles. The first-order chi connectivity index (χ1) is 9.83. The first-order valence-electron chi connectivity index (χ1n) is 7.59. The number of hydrogen-bond donors (Lipinski definition) is 1. The molecule has 0 bridgehead atoms. The topological polar surface area (TPSA) is 48.1 Å². The Hall–Kier alpha value is -1.77. The van der Waals surface area contributed by atoms with Gasteiger partial charge < -0.3 is 10.5 Å². The number of hydrogen-bond acceptors (Lipinski definition) is 3. The average molecular weight is 272 g/mol. The molecular weight excluding hydrogens is 248 g/mol. The zero-order valence-corrected chi connectivity index (χ0v) is 12.3. The number of fused-ring (bicyclic) bond motifs is 1. The van der Waals surface area contributed by atoms with E-state index in [0.29, 0.717) is 5.69 Å². The van der Waals surface area contributed by atoms with Crippen LogP contribution in [0.4, 0.5) is 5.69 Å². The highest BCUT2D eigenvalue weighted by molar-refractivity contribution is 5.93. The first kappa shape index (κ1) is 14.6. The van der Waals surface area contributed by atoms with E-state index in [0.717, 1.165) is 29.7 Å². The number of nitrogens with zero attached hydrogens (tertiary/aromatic N) is 1. The molecule has 0 amide bonds. The molecule has 1 heterocycles. The summed E-state index contributed by atoms with van der Waals surface area (Å²) in [5.74, 6) is 0.885. The molecule has 1 aromatic heterocycles. The molecule has 2 N–H and O–H groups in total. The summed E-state index contributed by atoms with van der Waals surface area (Å²) in [6.07, 6.45) is 9.39. The molecule has 2 aromatic rings. The molecule has 0 unspecified atom stereocenters. The molecule has 0 aliphatic rings. The van der Waals surface area contributed by atoms with Crippen molar-refractivity contribution < 1.29 is 4.74 Å². The maximum Gasteiger partial charge on any atom is 0.130 e. The van der Waals surface area contributed by atoms with Gasteiger partial charge in [-0.2, -0.15) is 0 Å². The van der Waals surface area contributed by atoms with Crippen molar-refractivity contribution >= 4 is 16.6 Å². The van der Waals surface area contributed by atoms with E-state index in [-0.39, 0.29) is 0 Å². The van der Waals surface area contributed by atoms with Gasteiger partial charge in [0.1, 0.15) is 5.75 Å². The highest BCUT2D eigenvalue weighted by Gasteiger charge is 2.04. The van der Waals surface area contributed by atoms with Crippen LogP contribution in [0.3, 0.4) is 0 Å². The second-order valence-electron chi connectivity index (χ2n) is 5.17.